The molecule has 1 N–H and O–H groups in total. The van der Waals surface area contributed by atoms with Gasteiger partial charge in [-0.25, -0.2) is 0 Å². The number of hydrogen-bond donors (Lipinski definition) is 1. The van der Waals surface area contributed by atoms with Crippen LogP contribution in [0.15, 0.2) is 0 Å². The molecule has 2 fully saturated rings. The van der Waals surface area contributed by atoms with Gasteiger partial charge in [-0.05, 0) is 43.4 Å². The summed E-state index contributed by atoms with van der Waals surface area (Å²) in [4.78, 5) is 0. The van der Waals surface area contributed by atoms with E-state index in [2.05, 4.69) is 6.92 Å². The molecule has 0 aromatic heterocycles. The molecule has 0 aliphatic heterocycles. The molecule has 2 nitrogen and oxygen atoms in total. The highest BCUT2D eigenvalue weighted by atomic mass is 16.5. The third-order valence-corrected chi connectivity index (χ3v) is 3.46. The number of hydrogen-bond acceptors (Lipinski definition) is 2. The first kappa shape index (κ1) is 9.47. The molecule has 0 amide bonds. The minimum atomic E-state index is -0.195. The molecular weight excluding hydrogens is 164 g/mol. The summed E-state index contributed by atoms with van der Waals surface area (Å²) in [7, 11) is 0. The first-order valence-electron chi connectivity index (χ1n) is 5.57. The van der Waals surface area contributed by atoms with E-state index in [-0.39, 0.29) is 6.10 Å². The Morgan fingerprint density at radius 2 is 2.00 bits per heavy atom. The summed E-state index contributed by atoms with van der Waals surface area (Å²) in [6, 6.07) is 0. The lowest BCUT2D eigenvalue weighted by Gasteiger charge is -2.19. The largest absolute Gasteiger partial charge is 0.390 e. The lowest BCUT2D eigenvalue weighted by molar-refractivity contribution is 0.00355. The molecule has 2 aliphatic rings. The molecule has 0 aromatic carbocycles. The van der Waals surface area contributed by atoms with Crippen molar-refractivity contribution >= 4 is 0 Å². The quantitative estimate of drug-likeness (QED) is 0.660. The molecule has 0 spiro atoms. The Labute approximate surface area is 80.3 Å². The molecule has 2 rings (SSSR count). The zero-order chi connectivity index (χ0) is 9.26. The Kier molecular flexibility index (Phi) is 2.89. The average Bonchev–Trinajstić information content (AvgIpc) is 2.74. The van der Waals surface area contributed by atoms with E-state index < -0.39 is 0 Å². The Balaban J connectivity index is 1.63. The van der Waals surface area contributed by atoms with Gasteiger partial charge >= 0.3 is 0 Å². The van der Waals surface area contributed by atoms with Gasteiger partial charge < -0.3 is 9.84 Å². The van der Waals surface area contributed by atoms with E-state index in [4.69, 9.17) is 4.74 Å². The molecule has 0 saturated heterocycles. The van der Waals surface area contributed by atoms with Crippen LogP contribution < -0.4 is 0 Å². The van der Waals surface area contributed by atoms with Crippen molar-refractivity contribution in [2.75, 3.05) is 13.2 Å². The number of rotatable bonds is 5. The highest BCUT2D eigenvalue weighted by Crippen LogP contribution is 2.55. The van der Waals surface area contributed by atoms with E-state index in [1.54, 1.807) is 0 Å². The highest BCUT2D eigenvalue weighted by molar-refractivity contribution is 4.97. The lowest BCUT2D eigenvalue weighted by atomic mass is 9.97. The van der Waals surface area contributed by atoms with E-state index in [1.165, 1.54) is 19.3 Å². The fraction of sp³-hybridized carbons (Fsp3) is 1.00. The molecule has 2 saturated carbocycles. The summed E-state index contributed by atoms with van der Waals surface area (Å²) in [6.07, 6.45) is 4.78. The van der Waals surface area contributed by atoms with Gasteiger partial charge in [0.2, 0.25) is 0 Å². The van der Waals surface area contributed by atoms with Gasteiger partial charge in [-0.2, -0.15) is 0 Å². The fourth-order valence-electron chi connectivity index (χ4n) is 2.56. The summed E-state index contributed by atoms with van der Waals surface area (Å²) < 4.78 is 5.36. The predicted octanol–water partition coefficient (Wildman–Crippen LogP) is 1.82. The maximum atomic E-state index is 9.79. The standard InChI is InChI=1S/C11H20O2/c1-2-3-13-7-11(12)10-5-8-4-9(8)6-10/h8-12H,2-7H2,1H3. The van der Waals surface area contributed by atoms with Gasteiger partial charge in [0.05, 0.1) is 12.7 Å². The maximum absolute atomic E-state index is 9.79. The van der Waals surface area contributed by atoms with Crippen molar-refractivity contribution in [3.63, 3.8) is 0 Å². The van der Waals surface area contributed by atoms with E-state index in [0.717, 1.165) is 24.9 Å². The Bertz CT molecular complexity index is 159. The second kappa shape index (κ2) is 3.97. The molecule has 2 heteroatoms. The Hall–Kier alpha value is -0.0800. The Morgan fingerprint density at radius 3 is 2.62 bits per heavy atom. The van der Waals surface area contributed by atoms with Gasteiger partial charge in [0.15, 0.2) is 0 Å². The SMILES string of the molecule is CCCOCC(O)C1CC2CC2C1. The smallest absolute Gasteiger partial charge is 0.0801 e. The van der Waals surface area contributed by atoms with Crippen LogP contribution in [0, 0.1) is 17.8 Å². The van der Waals surface area contributed by atoms with Crippen LogP contribution in [0.3, 0.4) is 0 Å². The van der Waals surface area contributed by atoms with Gasteiger partial charge in [-0.15, -0.1) is 0 Å². The lowest BCUT2D eigenvalue weighted by Crippen LogP contribution is -2.25. The molecule has 3 unspecified atom stereocenters. The average molecular weight is 184 g/mol. The molecule has 3 atom stereocenters. The molecule has 76 valence electrons. The molecule has 13 heavy (non-hydrogen) atoms. The monoisotopic (exact) mass is 184 g/mol. The van der Waals surface area contributed by atoms with E-state index in [0.29, 0.717) is 12.5 Å². The van der Waals surface area contributed by atoms with Crippen LogP contribution in [0.2, 0.25) is 0 Å². The Morgan fingerprint density at radius 1 is 1.31 bits per heavy atom. The van der Waals surface area contributed by atoms with E-state index in [9.17, 15) is 5.11 Å². The molecule has 0 heterocycles. The van der Waals surface area contributed by atoms with E-state index >= 15 is 0 Å². The summed E-state index contributed by atoms with van der Waals surface area (Å²) >= 11 is 0. The van der Waals surface area contributed by atoms with Crippen molar-refractivity contribution in [3.05, 3.63) is 0 Å². The zero-order valence-electron chi connectivity index (χ0n) is 8.41. The third kappa shape index (κ3) is 2.23. The van der Waals surface area contributed by atoms with E-state index in [1.807, 2.05) is 0 Å². The first-order valence-corrected chi connectivity index (χ1v) is 5.57. The van der Waals surface area contributed by atoms with Crippen LogP contribution in [0.5, 0.6) is 0 Å². The summed E-state index contributed by atoms with van der Waals surface area (Å²) in [5, 5.41) is 9.79. The number of aliphatic hydroxyl groups excluding tert-OH is 1. The topological polar surface area (TPSA) is 29.5 Å². The molecule has 0 radical (unpaired) electrons. The second-order valence-electron chi connectivity index (χ2n) is 4.63. The van der Waals surface area contributed by atoms with Crippen LogP contribution in [0.25, 0.3) is 0 Å². The number of aliphatic hydroxyl groups is 1. The summed E-state index contributed by atoms with van der Waals surface area (Å²) in [6.45, 7) is 3.44. The van der Waals surface area contributed by atoms with Gasteiger partial charge in [0.25, 0.3) is 0 Å². The van der Waals surface area contributed by atoms with Crippen molar-refractivity contribution in [3.8, 4) is 0 Å². The molecule has 0 bridgehead atoms. The van der Waals surface area contributed by atoms with Gasteiger partial charge in [0.1, 0.15) is 0 Å². The minimum absolute atomic E-state index is 0.195. The van der Waals surface area contributed by atoms with Crippen molar-refractivity contribution in [1.29, 1.82) is 0 Å². The second-order valence-corrected chi connectivity index (χ2v) is 4.63. The van der Waals surface area contributed by atoms with Crippen LogP contribution in [-0.4, -0.2) is 24.4 Å². The van der Waals surface area contributed by atoms with Crippen molar-refractivity contribution < 1.29 is 9.84 Å². The maximum Gasteiger partial charge on any atom is 0.0801 e. The molecular formula is C11H20O2. The van der Waals surface area contributed by atoms with Crippen molar-refractivity contribution in [1.82, 2.24) is 0 Å². The van der Waals surface area contributed by atoms with Gasteiger partial charge in [-0.3, -0.25) is 0 Å². The van der Waals surface area contributed by atoms with Crippen molar-refractivity contribution in [2.45, 2.75) is 38.7 Å². The fourth-order valence-corrected chi connectivity index (χ4v) is 2.56. The van der Waals surface area contributed by atoms with Crippen LogP contribution in [0.1, 0.15) is 32.6 Å². The number of fused-ring (bicyclic) bond motifs is 1. The first-order chi connectivity index (χ1) is 6.31. The third-order valence-electron chi connectivity index (χ3n) is 3.46. The minimum Gasteiger partial charge on any atom is -0.390 e. The molecule has 0 aromatic rings. The zero-order valence-corrected chi connectivity index (χ0v) is 8.41. The van der Waals surface area contributed by atoms with Gasteiger partial charge in [-0.1, -0.05) is 6.92 Å². The highest BCUT2D eigenvalue weighted by Gasteiger charge is 2.47. The van der Waals surface area contributed by atoms with Gasteiger partial charge in [0, 0.05) is 6.61 Å². The molecule has 2 aliphatic carbocycles. The van der Waals surface area contributed by atoms with Crippen LogP contribution in [-0.2, 0) is 4.74 Å². The summed E-state index contributed by atoms with van der Waals surface area (Å²) in [5.41, 5.74) is 0. The van der Waals surface area contributed by atoms with Crippen LogP contribution >= 0.6 is 0 Å². The van der Waals surface area contributed by atoms with Crippen molar-refractivity contribution in [2.24, 2.45) is 17.8 Å². The number of ether oxygens (including phenoxy) is 1. The predicted molar refractivity (Wildman–Crippen MR) is 51.4 cm³/mol. The summed E-state index contributed by atoms with van der Waals surface area (Å²) in [5.74, 6) is 2.47. The van der Waals surface area contributed by atoms with Crippen LogP contribution in [0.4, 0.5) is 0 Å². The normalized spacial score (nSPS) is 38.8.